The first-order chi connectivity index (χ1) is 13.1. The maximum atomic E-state index is 5.64. The minimum atomic E-state index is 0.0605. The summed E-state index contributed by atoms with van der Waals surface area (Å²) in [6.45, 7) is 5.87. The lowest BCUT2D eigenvalue weighted by atomic mass is 10.2. The number of hydrogen-bond acceptors (Lipinski definition) is 5. The Kier molecular flexibility index (Phi) is 8.00. The summed E-state index contributed by atoms with van der Waals surface area (Å²) in [5.74, 6) is 2.99. The Balaban J connectivity index is 2.16. The zero-order valence-corrected chi connectivity index (χ0v) is 16.8. The lowest BCUT2D eigenvalue weighted by Crippen LogP contribution is -2.32. The average molecular weight is 374 g/mol. The molecular formula is C20H30N4O3. The van der Waals surface area contributed by atoms with E-state index in [9.17, 15) is 0 Å². The number of ether oxygens (including phenoxy) is 2. The molecule has 0 fully saturated rings. The standard InChI is InChI=1S/C20H30N4O3/c1-6-21-20(22-14-16(24(3)4)17-9-8-12-27-17)23-15-10-11-18(25-5)19(13-15)26-7-2/h8-13,16H,6-7,14H2,1-5H3,(H2,21,22,23). The third-order valence-corrected chi connectivity index (χ3v) is 3.99. The SMILES string of the molecule is CCNC(=NCC(c1ccco1)N(C)C)Nc1ccc(OC)c(OCC)c1. The van der Waals surface area contributed by atoms with E-state index in [1.54, 1.807) is 13.4 Å². The molecule has 27 heavy (non-hydrogen) atoms. The van der Waals surface area contributed by atoms with Crippen LogP contribution in [0.1, 0.15) is 25.6 Å². The Bertz CT molecular complexity index is 714. The number of rotatable bonds is 9. The lowest BCUT2D eigenvalue weighted by Gasteiger charge is -2.21. The third kappa shape index (κ3) is 5.92. The van der Waals surface area contributed by atoms with Crippen LogP contribution in [-0.2, 0) is 0 Å². The summed E-state index contributed by atoms with van der Waals surface area (Å²) < 4.78 is 16.5. The summed E-state index contributed by atoms with van der Waals surface area (Å²) in [5.41, 5.74) is 0.873. The van der Waals surface area contributed by atoms with Crippen molar-refractivity contribution in [1.29, 1.82) is 0 Å². The topological polar surface area (TPSA) is 71.3 Å². The van der Waals surface area contributed by atoms with Gasteiger partial charge in [-0.15, -0.1) is 0 Å². The molecule has 1 heterocycles. The highest BCUT2D eigenvalue weighted by Crippen LogP contribution is 2.30. The highest BCUT2D eigenvalue weighted by atomic mass is 16.5. The highest BCUT2D eigenvalue weighted by Gasteiger charge is 2.17. The van der Waals surface area contributed by atoms with Gasteiger partial charge in [-0.1, -0.05) is 0 Å². The van der Waals surface area contributed by atoms with Gasteiger partial charge in [-0.2, -0.15) is 0 Å². The number of hydrogen-bond donors (Lipinski definition) is 2. The number of aliphatic imine (C=N–C) groups is 1. The second kappa shape index (κ2) is 10.5. The number of furan rings is 1. The maximum Gasteiger partial charge on any atom is 0.195 e. The van der Waals surface area contributed by atoms with Crippen molar-refractivity contribution in [3.05, 3.63) is 42.4 Å². The van der Waals surface area contributed by atoms with Gasteiger partial charge in [0, 0.05) is 18.3 Å². The van der Waals surface area contributed by atoms with Crippen LogP contribution in [0.25, 0.3) is 0 Å². The minimum Gasteiger partial charge on any atom is -0.493 e. The maximum absolute atomic E-state index is 5.64. The van der Waals surface area contributed by atoms with E-state index in [1.165, 1.54) is 0 Å². The molecule has 2 rings (SSSR count). The van der Waals surface area contributed by atoms with Gasteiger partial charge >= 0.3 is 0 Å². The van der Waals surface area contributed by atoms with Crippen LogP contribution in [0.4, 0.5) is 5.69 Å². The summed E-state index contributed by atoms with van der Waals surface area (Å²) in [5, 5.41) is 6.59. The van der Waals surface area contributed by atoms with Gasteiger partial charge < -0.3 is 24.5 Å². The molecule has 0 aliphatic heterocycles. The first-order valence-electron chi connectivity index (χ1n) is 9.15. The fourth-order valence-corrected chi connectivity index (χ4v) is 2.63. The molecule has 2 N–H and O–H groups in total. The van der Waals surface area contributed by atoms with Crippen molar-refractivity contribution < 1.29 is 13.9 Å². The number of guanidine groups is 1. The zero-order chi connectivity index (χ0) is 19.6. The molecule has 1 aromatic carbocycles. The van der Waals surface area contributed by atoms with Crippen molar-refractivity contribution >= 4 is 11.6 Å². The second-order valence-corrected chi connectivity index (χ2v) is 6.14. The van der Waals surface area contributed by atoms with Gasteiger partial charge in [0.05, 0.1) is 32.6 Å². The largest absolute Gasteiger partial charge is 0.493 e. The van der Waals surface area contributed by atoms with Crippen LogP contribution in [0.5, 0.6) is 11.5 Å². The molecule has 1 atom stereocenters. The zero-order valence-electron chi connectivity index (χ0n) is 16.8. The van der Waals surface area contributed by atoms with Crippen LogP contribution in [0.15, 0.2) is 46.0 Å². The van der Waals surface area contributed by atoms with Gasteiger partial charge in [0.2, 0.25) is 0 Å². The smallest absolute Gasteiger partial charge is 0.195 e. The van der Waals surface area contributed by atoms with Gasteiger partial charge in [-0.05, 0) is 52.2 Å². The molecule has 0 aliphatic carbocycles. The Morgan fingerprint density at radius 3 is 2.63 bits per heavy atom. The monoisotopic (exact) mass is 374 g/mol. The molecule has 7 nitrogen and oxygen atoms in total. The molecule has 0 radical (unpaired) electrons. The Morgan fingerprint density at radius 2 is 2.04 bits per heavy atom. The van der Waals surface area contributed by atoms with Crippen LogP contribution in [0.2, 0.25) is 0 Å². The van der Waals surface area contributed by atoms with Crippen LogP contribution in [0, 0.1) is 0 Å². The fourth-order valence-electron chi connectivity index (χ4n) is 2.63. The van der Waals surface area contributed by atoms with E-state index in [2.05, 4.69) is 15.5 Å². The van der Waals surface area contributed by atoms with Crippen LogP contribution < -0.4 is 20.1 Å². The van der Waals surface area contributed by atoms with E-state index in [4.69, 9.17) is 18.9 Å². The number of benzene rings is 1. The molecule has 1 aromatic heterocycles. The molecular weight excluding hydrogens is 344 g/mol. The van der Waals surface area contributed by atoms with Gasteiger partial charge in [0.1, 0.15) is 5.76 Å². The Morgan fingerprint density at radius 1 is 1.22 bits per heavy atom. The highest BCUT2D eigenvalue weighted by molar-refractivity contribution is 5.93. The van der Waals surface area contributed by atoms with E-state index >= 15 is 0 Å². The third-order valence-electron chi connectivity index (χ3n) is 3.99. The molecule has 0 saturated carbocycles. The molecule has 0 saturated heterocycles. The van der Waals surface area contributed by atoms with Crippen LogP contribution in [0.3, 0.4) is 0 Å². The summed E-state index contributed by atoms with van der Waals surface area (Å²) in [7, 11) is 5.66. The number of nitrogens with one attached hydrogen (secondary N) is 2. The number of nitrogens with zero attached hydrogens (tertiary/aromatic N) is 2. The van der Waals surface area contributed by atoms with E-state index < -0.39 is 0 Å². The molecule has 7 heteroatoms. The van der Waals surface area contributed by atoms with Crippen molar-refractivity contribution in [3.8, 4) is 11.5 Å². The molecule has 0 bridgehead atoms. The Hall–Kier alpha value is -2.67. The van der Waals surface area contributed by atoms with E-state index in [-0.39, 0.29) is 6.04 Å². The number of anilines is 1. The predicted molar refractivity (Wildman–Crippen MR) is 109 cm³/mol. The molecule has 1 unspecified atom stereocenters. The van der Waals surface area contributed by atoms with E-state index in [1.807, 2.05) is 58.3 Å². The minimum absolute atomic E-state index is 0.0605. The van der Waals surface area contributed by atoms with Gasteiger partial charge in [0.25, 0.3) is 0 Å². The predicted octanol–water partition coefficient (Wildman–Crippen LogP) is 3.37. The second-order valence-electron chi connectivity index (χ2n) is 6.14. The summed E-state index contributed by atoms with van der Waals surface area (Å²) in [6.07, 6.45) is 1.69. The van der Waals surface area contributed by atoms with Gasteiger partial charge in [-0.3, -0.25) is 9.89 Å². The molecule has 0 spiro atoms. The van der Waals surface area contributed by atoms with Crippen molar-refractivity contribution in [2.75, 3.05) is 46.2 Å². The quantitative estimate of drug-likeness (QED) is 0.518. The van der Waals surface area contributed by atoms with E-state index in [0.29, 0.717) is 30.6 Å². The molecule has 0 amide bonds. The van der Waals surface area contributed by atoms with Crippen LogP contribution >= 0.6 is 0 Å². The summed E-state index contributed by atoms with van der Waals surface area (Å²) in [6, 6.07) is 9.65. The summed E-state index contributed by atoms with van der Waals surface area (Å²) in [4.78, 5) is 6.81. The number of methoxy groups -OCH3 is 1. The van der Waals surface area contributed by atoms with Gasteiger partial charge in [-0.25, -0.2) is 0 Å². The van der Waals surface area contributed by atoms with Gasteiger partial charge in [0.15, 0.2) is 17.5 Å². The number of likely N-dealkylation sites (N-methyl/N-ethyl adjacent to an activating group) is 1. The van der Waals surface area contributed by atoms with Crippen molar-refractivity contribution in [2.24, 2.45) is 4.99 Å². The first kappa shape index (κ1) is 20.6. The first-order valence-corrected chi connectivity index (χ1v) is 9.15. The van der Waals surface area contributed by atoms with Crippen molar-refractivity contribution in [1.82, 2.24) is 10.2 Å². The fraction of sp³-hybridized carbons (Fsp3) is 0.450. The molecule has 148 valence electrons. The molecule has 2 aromatic rings. The summed E-state index contributed by atoms with van der Waals surface area (Å²) >= 11 is 0. The molecule has 0 aliphatic rings. The normalized spacial score (nSPS) is 12.7. The van der Waals surface area contributed by atoms with Crippen LogP contribution in [-0.4, -0.2) is 51.8 Å². The lowest BCUT2D eigenvalue weighted by molar-refractivity contribution is 0.265. The van der Waals surface area contributed by atoms with Crippen molar-refractivity contribution in [2.45, 2.75) is 19.9 Å². The average Bonchev–Trinajstić information content (AvgIpc) is 3.16. The van der Waals surface area contributed by atoms with E-state index in [0.717, 1.165) is 18.0 Å². The van der Waals surface area contributed by atoms with Crippen molar-refractivity contribution in [3.63, 3.8) is 0 Å². The Labute approximate surface area is 161 Å².